The molecule has 0 aliphatic rings. The van der Waals surface area contributed by atoms with E-state index in [4.69, 9.17) is 4.74 Å². The van der Waals surface area contributed by atoms with Gasteiger partial charge in [-0.3, -0.25) is 4.79 Å². The summed E-state index contributed by atoms with van der Waals surface area (Å²) in [5.74, 6) is 1.68. The lowest BCUT2D eigenvalue weighted by molar-refractivity contribution is -0.110. The van der Waals surface area contributed by atoms with Gasteiger partial charge in [-0.15, -0.1) is 0 Å². The summed E-state index contributed by atoms with van der Waals surface area (Å²) in [5.41, 5.74) is 3.17. The molecule has 0 saturated heterocycles. The summed E-state index contributed by atoms with van der Waals surface area (Å²) in [6.45, 7) is 5.17. The van der Waals surface area contributed by atoms with Crippen molar-refractivity contribution in [2.45, 2.75) is 26.4 Å². The number of hydrogen-bond acceptors (Lipinski definition) is 3. The molecule has 1 amide bonds. The Hall–Kier alpha value is -2.82. The molecule has 0 spiro atoms. The molecule has 3 aromatic rings. The molecule has 0 aliphatic carbocycles. The standard InChI is InChI=1S/C19H21N3O2/c1-14-7-9-16(10-8-14)24-12-11-22-18-6-4-3-5-17(18)21-19(22)15(2)20-13-23/h3-10,13,15H,11-12H2,1-2H3,(H,20,23)/t15-/m1/s1. The average molecular weight is 323 g/mol. The second-order valence-corrected chi connectivity index (χ2v) is 5.78. The van der Waals surface area contributed by atoms with E-state index in [0.29, 0.717) is 19.6 Å². The molecule has 0 fully saturated rings. The first-order chi connectivity index (χ1) is 11.7. The maximum absolute atomic E-state index is 10.8. The summed E-state index contributed by atoms with van der Waals surface area (Å²) in [4.78, 5) is 15.4. The molecular formula is C19H21N3O2. The Labute approximate surface area is 141 Å². The first-order valence-corrected chi connectivity index (χ1v) is 8.03. The van der Waals surface area contributed by atoms with E-state index in [2.05, 4.69) is 21.8 Å². The molecule has 124 valence electrons. The SMILES string of the molecule is Cc1ccc(OCCn2c([C@@H](C)NC=O)nc3ccccc32)cc1. The van der Waals surface area contributed by atoms with Crippen LogP contribution in [0.25, 0.3) is 11.0 Å². The predicted octanol–water partition coefficient (Wildman–Crippen LogP) is 3.23. The number of benzene rings is 2. The van der Waals surface area contributed by atoms with E-state index < -0.39 is 0 Å². The van der Waals surface area contributed by atoms with Crippen LogP contribution in [0.15, 0.2) is 48.5 Å². The fourth-order valence-corrected chi connectivity index (χ4v) is 2.73. The molecule has 5 heteroatoms. The van der Waals surface area contributed by atoms with Crippen LogP contribution in [0.2, 0.25) is 0 Å². The van der Waals surface area contributed by atoms with Crippen molar-refractivity contribution < 1.29 is 9.53 Å². The quantitative estimate of drug-likeness (QED) is 0.679. The number of hydrogen-bond donors (Lipinski definition) is 1. The topological polar surface area (TPSA) is 56.1 Å². The van der Waals surface area contributed by atoms with Gasteiger partial charge in [-0.1, -0.05) is 29.8 Å². The highest BCUT2D eigenvalue weighted by Gasteiger charge is 2.15. The van der Waals surface area contributed by atoms with Crippen molar-refractivity contribution in [2.24, 2.45) is 0 Å². The minimum atomic E-state index is -0.158. The number of ether oxygens (including phenoxy) is 1. The Kier molecular flexibility index (Phi) is 4.79. The number of aryl methyl sites for hydroxylation is 1. The molecule has 1 aromatic heterocycles. The largest absolute Gasteiger partial charge is 0.492 e. The van der Waals surface area contributed by atoms with Gasteiger partial charge >= 0.3 is 0 Å². The molecule has 0 saturated carbocycles. The molecule has 2 aromatic carbocycles. The second kappa shape index (κ2) is 7.17. The molecule has 5 nitrogen and oxygen atoms in total. The fourth-order valence-electron chi connectivity index (χ4n) is 2.73. The van der Waals surface area contributed by atoms with E-state index in [1.807, 2.05) is 55.5 Å². The van der Waals surface area contributed by atoms with Crippen LogP contribution in [0.1, 0.15) is 24.4 Å². The molecule has 0 radical (unpaired) electrons. The molecule has 0 aliphatic heterocycles. The average Bonchev–Trinajstić information content (AvgIpc) is 2.96. The van der Waals surface area contributed by atoms with Crippen LogP contribution >= 0.6 is 0 Å². The summed E-state index contributed by atoms with van der Waals surface area (Å²) in [6.07, 6.45) is 0.706. The molecule has 24 heavy (non-hydrogen) atoms. The Morgan fingerprint density at radius 1 is 1.21 bits per heavy atom. The van der Waals surface area contributed by atoms with Gasteiger partial charge in [0.05, 0.1) is 23.6 Å². The Balaban J connectivity index is 1.80. The molecule has 0 bridgehead atoms. The Morgan fingerprint density at radius 3 is 2.71 bits per heavy atom. The second-order valence-electron chi connectivity index (χ2n) is 5.78. The number of nitrogens with one attached hydrogen (secondary N) is 1. The third kappa shape index (κ3) is 3.40. The minimum absolute atomic E-state index is 0.158. The number of carbonyl (C=O) groups excluding carboxylic acids is 1. The van der Waals surface area contributed by atoms with Gasteiger partial charge in [-0.2, -0.15) is 0 Å². The molecule has 0 unspecified atom stereocenters. The predicted molar refractivity (Wildman–Crippen MR) is 94.0 cm³/mol. The van der Waals surface area contributed by atoms with E-state index in [-0.39, 0.29) is 6.04 Å². The van der Waals surface area contributed by atoms with Crippen molar-refractivity contribution in [2.75, 3.05) is 6.61 Å². The highest BCUT2D eigenvalue weighted by molar-refractivity contribution is 5.76. The van der Waals surface area contributed by atoms with Gasteiger partial charge in [0, 0.05) is 0 Å². The number of rotatable bonds is 7. The smallest absolute Gasteiger partial charge is 0.207 e. The number of nitrogens with zero attached hydrogens (tertiary/aromatic N) is 2. The maximum atomic E-state index is 10.8. The molecular weight excluding hydrogens is 302 g/mol. The van der Waals surface area contributed by atoms with E-state index in [0.717, 1.165) is 22.6 Å². The Bertz CT molecular complexity index is 824. The molecule has 3 rings (SSSR count). The first-order valence-electron chi connectivity index (χ1n) is 8.03. The van der Waals surface area contributed by atoms with Crippen molar-refractivity contribution in [3.05, 3.63) is 59.9 Å². The summed E-state index contributed by atoms with van der Waals surface area (Å²) < 4.78 is 7.94. The van der Waals surface area contributed by atoms with E-state index in [1.54, 1.807) is 0 Å². The lowest BCUT2D eigenvalue weighted by atomic mass is 10.2. The van der Waals surface area contributed by atoms with E-state index in [1.165, 1.54) is 5.56 Å². The zero-order valence-corrected chi connectivity index (χ0v) is 13.9. The van der Waals surface area contributed by atoms with E-state index >= 15 is 0 Å². The highest BCUT2D eigenvalue weighted by Crippen LogP contribution is 2.21. The Morgan fingerprint density at radius 2 is 1.96 bits per heavy atom. The van der Waals surface area contributed by atoms with Crippen molar-refractivity contribution in [3.63, 3.8) is 0 Å². The van der Waals surface area contributed by atoms with Gasteiger partial charge in [-0.25, -0.2) is 4.98 Å². The van der Waals surface area contributed by atoms with Crippen molar-refractivity contribution in [3.8, 4) is 5.75 Å². The van der Waals surface area contributed by atoms with E-state index in [9.17, 15) is 4.79 Å². The van der Waals surface area contributed by atoms with Gasteiger partial charge in [0.1, 0.15) is 18.2 Å². The maximum Gasteiger partial charge on any atom is 0.207 e. The van der Waals surface area contributed by atoms with Gasteiger partial charge in [0.2, 0.25) is 6.41 Å². The van der Waals surface area contributed by atoms with Crippen LogP contribution in [0.4, 0.5) is 0 Å². The monoisotopic (exact) mass is 323 g/mol. The number of fused-ring (bicyclic) bond motifs is 1. The summed E-state index contributed by atoms with van der Waals surface area (Å²) in [5, 5.41) is 2.77. The van der Waals surface area contributed by atoms with Crippen LogP contribution in [-0.2, 0) is 11.3 Å². The number of imidazole rings is 1. The third-order valence-corrected chi connectivity index (χ3v) is 3.99. The lowest BCUT2D eigenvalue weighted by Gasteiger charge is -2.14. The molecule has 1 heterocycles. The van der Waals surface area contributed by atoms with Crippen LogP contribution in [0.3, 0.4) is 0 Å². The zero-order chi connectivity index (χ0) is 16.9. The van der Waals surface area contributed by atoms with Crippen molar-refractivity contribution >= 4 is 17.4 Å². The van der Waals surface area contributed by atoms with Crippen LogP contribution in [0, 0.1) is 6.92 Å². The lowest BCUT2D eigenvalue weighted by Crippen LogP contribution is -2.21. The van der Waals surface area contributed by atoms with Gasteiger partial charge < -0.3 is 14.6 Å². The number of carbonyl (C=O) groups is 1. The van der Waals surface area contributed by atoms with Gasteiger partial charge in [0.15, 0.2) is 0 Å². The summed E-state index contributed by atoms with van der Waals surface area (Å²) >= 11 is 0. The van der Waals surface area contributed by atoms with Gasteiger partial charge in [-0.05, 0) is 38.1 Å². The van der Waals surface area contributed by atoms with Crippen LogP contribution in [-0.4, -0.2) is 22.6 Å². The fraction of sp³-hybridized carbons (Fsp3) is 0.263. The number of para-hydroxylation sites is 2. The summed E-state index contributed by atoms with van der Waals surface area (Å²) in [7, 11) is 0. The minimum Gasteiger partial charge on any atom is -0.492 e. The number of aromatic nitrogens is 2. The first kappa shape index (κ1) is 16.1. The highest BCUT2D eigenvalue weighted by atomic mass is 16.5. The number of amides is 1. The molecule has 1 atom stereocenters. The van der Waals surface area contributed by atoms with Gasteiger partial charge in [0.25, 0.3) is 0 Å². The third-order valence-electron chi connectivity index (χ3n) is 3.99. The normalized spacial score (nSPS) is 12.1. The zero-order valence-electron chi connectivity index (χ0n) is 13.9. The molecule has 1 N–H and O–H groups in total. The van der Waals surface area contributed by atoms with Crippen molar-refractivity contribution in [1.29, 1.82) is 0 Å². The van der Waals surface area contributed by atoms with Crippen LogP contribution < -0.4 is 10.1 Å². The van der Waals surface area contributed by atoms with Crippen molar-refractivity contribution in [1.82, 2.24) is 14.9 Å². The van der Waals surface area contributed by atoms with Crippen LogP contribution in [0.5, 0.6) is 5.75 Å². The summed E-state index contributed by atoms with van der Waals surface area (Å²) in [6, 6.07) is 15.8.